The second-order valence-electron chi connectivity index (χ2n) is 13.4. The number of aromatic nitrogens is 4. The minimum absolute atomic E-state index is 0.0355. The zero-order chi connectivity index (χ0) is 34.8. The molecule has 264 valence electrons. The number of imidazole rings is 1. The average molecular weight is 711 g/mol. The first-order valence-electron chi connectivity index (χ1n) is 16.2. The number of hydrogen-bond donors (Lipinski definition) is 1. The van der Waals surface area contributed by atoms with Gasteiger partial charge < -0.3 is 25.0 Å². The third kappa shape index (κ3) is 6.05. The van der Waals surface area contributed by atoms with Gasteiger partial charge in [0, 0.05) is 57.6 Å². The summed E-state index contributed by atoms with van der Waals surface area (Å²) in [5.74, 6) is -0.528. The minimum atomic E-state index is -4.86. The Kier molecular flexibility index (Phi) is 8.63. The first kappa shape index (κ1) is 33.7. The lowest BCUT2D eigenvalue weighted by atomic mass is 9.94. The molecular weight excluding hydrogens is 675 g/mol. The van der Waals surface area contributed by atoms with E-state index in [0.717, 1.165) is 31.5 Å². The highest BCUT2D eigenvalue weighted by Crippen LogP contribution is 2.44. The lowest BCUT2D eigenvalue weighted by Crippen LogP contribution is -2.43. The number of amides is 1. The molecule has 4 aliphatic rings. The van der Waals surface area contributed by atoms with Gasteiger partial charge in [0.1, 0.15) is 29.6 Å². The molecule has 0 spiro atoms. The molecule has 2 aromatic heterocycles. The Morgan fingerprint density at radius 3 is 2.76 bits per heavy atom. The summed E-state index contributed by atoms with van der Waals surface area (Å²) in [6.07, 6.45) is -4.32. The number of nitrogens with zero attached hydrogens (tertiary/aromatic N) is 7. The Hall–Kier alpha value is -3.76. The van der Waals surface area contributed by atoms with E-state index in [0.29, 0.717) is 55.3 Å². The molecule has 1 aromatic carbocycles. The number of nitrogens with two attached hydrogens (primary N) is 1. The predicted octanol–water partition coefficient (Wildman–Crippen LogP) is 4.95. The van der Waals surface area contributed by atoms with Gasteiger partial charge in [0.2, 0.25) is 0 Å². The van der Waals surface area contributed by atoms with Gasteiger partial charge in [-0.15, -0.1) is 0 Å². The molecule has 7 rings (SSSR count). The quantitative estimate of drug-likeness (QED) is 0.281. The molecular formula is C32H36ClF5N8O3. The Bertz CT molecular complexity index is 1790. The molecule has 0 unspecified atom stereocenters. The van der Waals surface area contributed by atoms with Gasteiger partial charge in [-0.3, -0.25) is 14.3 Å². The molecule has 0 aliphatic carbocycles. The van der Waals surface area contributed by atoms with E-state index in [1.54, 1.807) is 18.7 Å². The molecule has 2 fully saturated rings. The van der Waals surface area contributed by atoms with Crippen molar-refractivity contribution in [3.8, 4) is 6.01 Å². The third-order valence-electron chi connectivity index (χ3n) is 9.96. The highest BCUT2D eigenvalue weighted by atomic mass is 35.5. The number of benzene rings is 1. The molecule has 3 aromatic rings. The smallest absolute Gasteiger partial charge is 0.416 e. The average Bonchev–Trinajstić information content (AvgIpc) is 3.62. The zero-order valence-electron chi connectivity index (χ0n) is 27.0. The van der Waals surface area contributed by atoms with E-state index in [9.17, 15) is 22.4 Å². The van der Waals surface area contributed by atoms with E-state index in [2.05, 4.69) is 14.9 Å². The highest BCUT2D eigenvalue weighted by molar-refractivity contribution is 6.32. The van der Waals surface area contributed by atoms with Crippen molar-refractivity contribution in [1.29, 1.82) is 0 Å². The van der Waals surface area contributed by atoms with Crippen molar-refractivity contribution in [3.63, 3.8) is 0 Å². The Morgan fingerprint density at radius 2 is 2.00 bits per heavy atom. The maximum absolute atomic E-state index is 15.3. The van der Waals surface area contributed by atoms with Crippen LogP contribution < -0.4 is 15.4 Å². The van der Waals surface area contributed by atoms with Crippen LogP contribution in [-0.2, 0) is 37.0 Å². The number of anilines is 2. The number of halogens is 6. The fourth-order valence-corrected chi connectivity index (χ4v) is 7.84. The van der Waals surface area contributed by atoms with Gasteiger partial charge in [-0.05, 0) is 37.9 Å². The largest absolute Gasteiger partial charge is 0.461 e. The fourth-order valence-electron chi connectivity index (χ4n) is 7.56. The van der Waals surface area contributed by atoms with Crippen LogP contribution in [0, 0.1) is 5.82 Å². The maximum Gasteiger partial charge on any atom is 0.416 e. The van der Waals surface area contributed by atoms with E-state index in [1.807, 2.05) is 4.90 Å². The van der Waals surface area contributed by atoms with Crippen LogP contribution in [-0.4, -0.2) is 87.3 Å². The molecule has 3 atom stereocenters. The van der Waals surface area contributed by atoms with Gasteiger partial charge in [-0.25, -0.2) is 13.8 Å². The van der Waals surface area contributed by atoms with Crippen molar-refractivity contribution in [3.05, 3.63) is 57.0 Å². The minimum Gasteiger partial charge on any atom is -0.461 e. The Labute approximate surface area is 284 Å². The van der Waals surface area contributed by atoms with E-state index < -0.39 is 46.6 Å². The van der Waals surface area contributed by atoms with Crippen molar-refractivity contribution in [2.45, 2.75) is 75.8 Å². The van der Waals surface area contributed by atoms with E-state index in [1.165, 1.54) is 4.90 Å². The highest BCUT2D eigenvalue weighted by Gasteiger charge is 2.49. The summed E-state index contributed by atoms with van der Waals surface area (Å²) in [4.78, 5) is 32.1. The SMILES string of the molecule is CN(C)C(=O)c1nc2n(c1Cl)CN(c1nc(OC[C@@]34CCCN3C[C@H](F)C4)nc3c1CO[C@H](c1c(C(F)(F)F)ccc(N)c1F)C3)CCC2. The van der Waals surface area contributed by atoms with Crippen LogP contribution in [0.15, 0.2) is 12.1 Å². The molecule has 49 heavy (non-hydrogen) atoms. The van der Waals surface area contributed by atoms with Crippen molar-refractivity contribution in [2.75, 3.05) is 51.0 Å². The molecule has 0 radical (unpaired) electrons. The number of alkyl halides is 4. The summed E-state index contributed by atoms with van der Waals surface area (Å²) in [5, 5.41) is 0.163. The number of carbonyl (C=O) groups is 1. The molecule has 17 heteroatoms. The molecule has 2 saturated heterocycles. The standard InChI is InChI=1S/C32H36ClF5N8O3/c1-43(2)29(47)26-27(33)46-16-44(9-3-5-23(46)41-26)28-18-14-48-22(24-19(32(36,37)38)6-7-20(39)25(24)35)11-21(18)40-30(42-28)49-15-31-8-4-10-45(31)13-17(34)12-31/h6-7,17,22H,3-5,8-16,39H2,1-2H3/t17-,22+,31+/m1/s1. The third-order valence-corrected chi connectivity index (χ3v) is 10.3. The normalized spacial score (nSPS) is 24.0. The summed E-state index contributed by atoms with van der Waals surface area (Å²) in [6, 6.07) is 1.60. The van der Waals surface area contributed by atoms with Crippen LogP contribution in [0.25, 0.3) is 0 Å². The van der Waals surface area contributed by atoms with Gasteiger partial charge in [0.25, 0.3) is 5.91 Å². The number of aryl methyl sites for hydroxylation is 1. The second-order valence-corrected chi connectivity index (χ2v) is 13.7. The lowest BCUT2D eigenvalue weighted by molar-refractivity contribution is -0.140. The van der Waals surface area contributed by atoms with Gasteiger partial charge in [-0.1, -0.05) is 11.6 Å². The molecule has 4 aliphatic heterocycles. The number of rotatable bonds is 6. The molecule has 1 amide bonds. The molecule has 11 nitrogen and oxygen atoms in total. The predicted molar refractivity (Wildman–Crippen MR) is 169 cm³/mol. The van der Waals surface area contributed by atoms with Crippen molar-refractivity contribution in [1.82, 2.24) is 29.3 Å². The van der Waals surface area contributed by atoms with Crippen LogP contribution >= 0.6 is 11.6 Å². The first-order chi connectivity index (χ1) is 23.3. The van der Waals surface area contributed by atoms with Gasteiger partial charge in [-0.2, -0.15) is 23.1 Å². The van der Waals surface area contributed by atoms with Crippen LogP contribution in [0.5, 0.6) is 6.01 Å². The summed E-state index contributed by atoms with van der Waals surface area (Å²) in [5.41, 5.74) is 3.84. The van der Waals surface area contributed by atoms with Crippen molar-refractivity contribution < 1.29 is 36.2 Å². The number of ether oxygens (including phenoxy) is 2. The molecule has 0 saturated carbocycles. The summed E-state index contributed by atoms with van der Waals surface area (Å²) in [6.45, 7) is 1.61. The van der Waals surface area contributed by atoms with Crippen molar-refractivity contribution in [2.24, 2.45) is 0 Å². The zero-order valence-corrected chi connectivity index (χ0v) is 27.8. The number of fused-ring (bicyclic) bond motifs is 3. The van der Waals surface area contributed by atoms with Gasteiger partial charge in [0.15, 0.2) is 11.5 Å². The first-order valence-corrected chi connectivity index (χ1v) is 16.5. The summed E-state index contributed by atoms with van der Waals surface area (Å²) in [7, 11) is 3.21. The maximum atomic E-state index is 15.3. The molecule has 6 heterocycles. The number of carbonyl (C=O) groups excluding carboxylic acids is 1. The van der Waals surface area contributed by atoms with E-state index in [4.69, 9.17) is 31.8 Å². The molecule has 2 N–H and O–H groups in total. The topological polar surface area (TPSA) is 115 Å². The Morgan fingerprint density at radius 1 is 1.20 bits per heavy atom. The number of nitrogen functional groups attached to an aromatic ring is 1. The lowest BCUT2D eigenvalue weighted by Gasteiger charge is -2.33. The van der Waals surface area contributed by atoms with E-state index >= 15 is 4.39 Å². The summed E-state index contributed by atoms with van der Waals surface area (Å²) >= 11 is 6.70. The second kappa shape index (κ2) is 12.5. The van der Waals surface area contributed by atoms with Crippen LogP contribution in [0.3, 0.4) is 0 Å². The Balaban J connectivity index is 1.27. The van der Waals surface area contributed by atoms with Gasteiger partial charge in [0.05, 0.1) is 41.9 Å². The monoisotopic (exact) mass is 710 g/mol. The van der Waals surface area contributed by atoms with Crippen molar-refractivity contribution >= 4 is 29.0 Å². The van der Waals surface area contributed by atoms with Crippen LogP contribution in [0.2, 0.25) is 5.15 Å². The van der Waals surface area contributed by atoms with Crippen LogP contribution in [0.1, 0.15) is 70.5 Å². The summed E-state index contributed by atoms with van der Waals surface area (Å²) < 4.78 is 85.9. The molecule has 0 bridgehead atoms. The van der Waals surface area contributed by atoms with Gasteiger partial charge >= 0.3 is 12.2 Å². The fraction of sp³-hybridized carbons (Fsp3) is 0.562. The number of hydrogen-bond acceptors (Lipinski definition) is 9. The van der Waals surface area contributed by atoms with E-state index in [-0.39, 0.29) is 49.1 Å². The van der Waals surface area contributed by atoms with Crippen LogP contribution in [0.4, 0.5) is 33.5 Å².